The second-order valence-corrected chi connectivity index (χ2v) is 6.36. The highest BCUT2D eigenvalue weighted by Gasteiger charge is 2.14. The molecular formula is C17H27ClN4O2. The number of fused-ring (bicyclic) bond motifs is 1. The Balaban J connectivity index is 0.00000288. The van der Waals surface area contributed by atoms with Gasteiger partial charge in [0.1, 0.15) is 0 Å². The molecule has 2 rings (SSSR count). The van der Waals surface area contributed by atoms with Crippen molar-refractivity contribution in [2.45, 2.75) is 39.3 Å². The first kappa shape index (κ1) is 20.3. The summed E-state index contributed by atoms with van der Waals surface area (Å²) in [4.78, 5) is 24.4. The van der Waals surface area contributed by atoms with Crippen LogP contribution in [0.4, 0.5) is 0 Å². The third-order valence-electron chi connectivity index (χ3n) is 4.02. The summed E-state index contributed by atoms with van der Waals surface area (Å²) in [6.07, 6.45) is 1.12. The smallest absolute Gasteiger partial charge is 0.328 e. The van der Waals surface area contributed by atoms with Crippen molar-refractivity contribution in [1.82, 2.24) is 14.5 Å². The van der Waals surface area contributed by atoms with Gasteiger partial charge in [-0.1, -0.05) is 26.0 Å². The molecule has 0 radical (unpaired) electrons. The van der Waals surface area contributed by atoms with E-state index in [9.17, 15) is 9.59 Å². The van der Waals surface area contributed by atoms with Gasteiger partial charge in [0.25, 0.3) is 0 Å². The summed E-state index contributed by atoms with van der Waals surface area (Å²) in [5.41, 5.74) is 7.33. The van der Waals surface area contributed by atoms with Gasteiger partial charge in [0.2, 0.25) is 5.91 Å². The quantitative estimate of drug-likeness (QED) is 0.793. The molecule has 0 aliphatic rings. The summed E-state index contributed by atoms with van der Waals surface area (Å²) in [5.74, 6) is 0.408. The second-order valence-electron chi connectivity index (χ2n) is 6.36. The monoisotopic (exact) mass is 354 g/mol. The molecule has 0 aliphatic heterocycles. The Morgan fingerprint density at radius 1 is 1.25 bits per heavy atom. The normalized spacial score (nSPS) is 12.2. The number of para-hydroxylation sites is 2. The number of halogens is 1. The minimum atomic E-state index is -0.100. The first-order valence-electron chi connectivity index (χ1n) is 8.07. The first-order valence-corrected chi connectivity index (χ1v) is 8.07. The molecule has 0 saturated heterocycles. The Hall–Kier alpha value is -1.79. The third-order valence-corrected chi connectivity index (χ3v) is 4.02. The van der Waals surface area contributed by atoms with Crippen molar-refractivity contribution in [1.29, 1.82) is 0 Å². The van der Waals surface area contributed by atoms with Gasteiger partial charge in [-0.2, -0.15) is 0 Å². The molecule has 1 aromatic heterocycles. The van der Waals surface area contributed by atoms with Gasteiger partial charge < -0.3 is 11.1 Å². The molecule has 0 aliphatic carbocycles. The largest absolute Gasteiger partial charge is 0.352 e. The second kappa shape index (κ2) is 8.89. The van der Waals surface area contributed by atoms with Gasteiger partial charge in [-0.25, -0.2) is 4.79 Å². The summed E-state index contributed by atoms with van der Waals surface area (Å²) in [6, 6.07) is 7.59. The molecule has 3 N–H and O–H groups in total. The van der Waals surface area contributed by atoms with E-state index in [4.69, 9.17) is 5.73 Å². The molecule has 7 heteroatoms. The predicted molar refractivity (Wildman–Crippen MR) is 99.5 cm³/mol. The zero-order valence-electron chi connectivity index (χ0n) is 14.5. The van der Waals surface area contributed by atoms with Gasteiger partial charge >= 0.3 is 5.69 Å². The number of carbonyl (C=O) groups excluding carboxylic acids is 1. The van der Waals surface area contributed by atoms with E-state index in [2.05, 4.69) is 19.2 Å². The number of benzene rings is 1. The van der Waals surface area contributed by atoms with Crippen molar-refractivity contribution in [3.63, 3.8) is 0 Å². The highest BCUT2D eigenvalue weighted by Crippen LogP contribution is 2.12. The molecular weight excluding hydrogens is 328 g/mol. The van der Waals surface area contributed by atoms with Gasteiger partial charge in [0.05, 0.1) is 11.0 Å². The fourth-order valence-electron chi connectivity index (χ4n) is 2.88. The van der Waals surface area contributed by atoms with Crippen molar-refractivity contribution in [3.05, 3.63) is 34.7 Å². The van der Waals surface area contributed by atoms with E-state index in [1.165, 1.54) is 0 Å². The highest BCUT2D eigenvalue weighted by molar-refractivity contribution is 5.85. The molecule has 1 aromatic carbocycles. The Bertz CT molecular complexity index is 736. The molecule has 0 fully saturated rings. The summed E-state index contributed by atoms with van der Waals surface area (Å²) >= 11 is 0. The molecule has 6 nitrogen and oxygen atoms in total. The number of nitrogens with zero attached hydrogens (tertiary/aromatic N) is 2. The molecule has 1 heterocycles. The molecule has 1 atom stereocenters. The topological polar surface area (TPSA) is 82.1 Å². The number of hydrogen-bond donors (Lipinski definition) is 2. The fraction of sp³-hybridized carbons (Fsp3) is 0.529. The number of aromatic nitrogens is 2. The Morgan fingerprint density at radius 3 is 2.46 bits per heavy atom. The fourth-order valence-corrected chi connectivity index (χ4v) is 2.88. The maximum absolute atomic E-state index is 12.3. The minimum Gasteiger partial charge on any atom is -0.352 e. The zero-order valence-corrected chi connectivity index (χ0v) is 15.3. The molecule has 0 spiro atoms. The standard InChI is InChI=1S/C17H26N4O2.ClH/c1-12(2)10-13(11-18)19-16(22)8-9-21-15-7-5-4-6-14(15)20(3)17(21)23;/h4-7,12-13H,8-11,18H2,1-3H3,(H,19,22);1H. The van der Waals surface area contributed by atoms with Crippen LogP contribution < -0.4 is 16.7 Å². The number of nitrogens with one attached hydrogen (secondary N) is 1. The summed E-state index contributed by atoms with van der Waals surface area (Å²) in [7, 11) is 1.74. The molecule has 134 valence electrons. The van der Waals surface area contributed by atoms with Crippen molar-refractivity contribution in [2.24, 2.45) is 18.7 Å². The van der Waals surface area contributed by atoms with Gasteiger partial charge in [0.15, 0.2) is 0 Å². The SMILES string of the molecule is CC(C)CC(CN)NC(=O)CCn1c(=O)n(C)c2ccccc21.Cl. The summed E-state index contributed by atoms with van der Waals surface area (Å²) in [5, 5.41) is 2.96. The van der Waals surface area contributed by atoms with Crippen LogP contribution in [0.5, 0.6) is 0 Å². The predicted octanol–water partition coefficient (Wildman–Crippen LogP) is 1.64. The van der Waals surface area contributed by atoms with Crippen LogP contribution >= 0.6 is 12.4 Å². The van der Waals surface area contributed by atoms with Gasteiger partial charge in [-0.3, -0.25) is 13.9 Å². The van der Waals surface area contributed by atoms with Crippen molar-refractivity contribution in [2.75, 3.05) is 6.54 Å². The van der Waals surface area contributed by atoms with Crippen LogP contribution in [-0.2, 0) is 18.4 Å². The van der Waals surface area contributed by atoms with Crippen LogP contribution in [0.25, 0.3) is 11.0 Å². The molecule has 24 heavy (non-hydrogen) atoms. The van der Waals surface area contributed by atoms with Gasteiger partial charge in [-0.05, 0) is 24.5 Å². The van der Waals surface area contributed by atoms with E-state index in [-0.39, 0.29) is 36.5 Å². The number of hydrogen-bond acceptors (Lipinski definition) is 3. The molecule has 2 aromatic rings. The number of nitrogens with two attached hydrogens (primary N) is 1. The van der Waals surface area contributed by atoms with Gasteiger partial charge in [-0.15, -0.1) is 12.4 Å². The van der Waals surface area contributed by atoms with E-state index < -0.39 is 0 Å². The molecule has 0 bridgehead atoms. The van der Waals surface area contributed by atoms with Crippen LogP contribution in [0.2, 0.25) is 0 Å². The lowest BCUT2D eigenvalue weighted by atomic mass is 10.0. The Kier molecular flexibility index (Phi) is 7.51. The van der Waals surface area contributed by atoms with E-state index in [0.29, 0.717) is 19.0 Å². The Morgan fingerprint density at radius 2 is 1.88 bits per heavy atom. The number of imidazole rings is 1. The van der Waals surface area contributed by atoms with E-state index in [1.807, 2.05) is 24.3 Å². The van der Waals surface area contributed by atoms with E-state index in [0.717, 1.165) is 17.5 Å². The number of carbonyl (C=O) groups is 1. The number of amides is 1. The molecule has 1 amide bonds. The lowest BCUT2D eigenvalue weighted by molar-refractivity contribution is -0.122. The van der Waals surface area contributed by atoms with E-state index >= 15 is 0 Å². The number of aryl methyl sites for hydroxylation is 2. The lowest BCUT2D eigenvalue weighted by Gasteiger charge is -2.18. The average molecular weight is 355 g/mol. The average Bonchev–Trinajstić information content (AvgIpc) is 2.76. The van der Waals surface area contributed by atoms with E-state index in [1.54, 1.807) is 16.2 Å². The first-order chi connectivity index (χ1) is 10.9. The maximum Gasteiger partial charge on any atom is 0.328 e. The van der Waals surface area contributed by atoms with Crippen molar-refractivity contribution >= 4 is 29.3 Å². The highest BCUT2D eigenvalue weighted by atomic mass is 35.5. The zero-order chi connectivity index (χ0) is 17.0. The van der Waals surface area contributed by atoms with Crippen molar-refractivity contribution < 1.29 is 4.79 Å². The van der Waals surface area contributed by atoms with Crippen molar-refractivity contribution in [3.8, 4) is 0 Å². The van der Waals surface area contributed by atoms with Crippen LogP contribution in [0.3, 0.4) is 0 Å². The van der Waals surface area contributed by atoms with Crippen LogP contribution in [0.15, 0.2) is 29.1 Å². The summed E-state index contributed by atoms with van der Waals surface area (Å²) in [6.45, 7) is 5.00. The van der Waals surface area contributed by atoms with Crippen LogP contribution in [-0.4, -0.2) is 27.6 Å². The molecule has 1 unspecified atom stereocenters. The summed E-state index contributed by atoms with van der Waals surface area (Å²) < 4.78 is 3.25. The lowest BCUT2D eigenvalue weighted by Crippen LogP contribution is -2.41. The molecule has 0 saturated carbocycles. The number of rotatable bonds is 7. The maximum atomic E-state index is 12.3. The minimum absolute atomic E-state index is 0. The third kappa shape index (κ3) is 4.61. The van der Waals surface area contributed by atoms with Crippen LogP contribution in [0, 0.1) is 5.92 Å². The van der Waals surface area contributed by atoms with Gasteiger partial charge in [0, 0.05) is 32.6 Å². The Labute approximate surface area is 148 Å². The van der Waals surface area contributed by atoms with Crippen LogP contribution in [0.1, 0.15) is 26.7 Å².